The number of H-pyrrole nitrogens is 1. The number of aromatic amines is 1. The zero-order valence-corrected chi connectivity index (χ0v) is 14.0. The van der Waals surface area contributed by atoms with Gasteiger partial charge in [0.25, 0.3) is 0 Å². The summed E-state index contributed by atoms with van der Waals surface area (Å²) in [5.41, 5.74) is 0.973. The number of amides is 1. The number of benzene rings is 1. The summed E-state index contributed by atoms with van der Waals surface area (Å²) in [5.74, 6) is 1.00. The molecular weight excluding hydrogens is 328 g/mol. The van der Waals surface area contributed by atoms with Gasteiger partial charge in [0.2, 0.25) is 5.91 Å². The Balaban J connectivity index is 1.44. The highest BCUT2D eigenvalue weighted by Gasteiger charge is 2.35. The van der Waals surface area contributed by atoms with Crippen molar-refractivity contribution in [3.63, 3.8) is 0 Å². The number of rotatable bonds is 6. The first kappa shape index (κ1) is 16.9. The molecule has 0 saturated heterocycles. The van der Waals surface area contributed by atoms with Gasteiger partial charge in [-0.25, -0.2) is 4.98 Å². The molecule has 3 atom stereocenters. The standard InChI is InChI=1S/C17H21ClN4O2/c18-14-4-2-1-3-11(14)5-6-16(24)19-9-13-7-12(8-15(13)23)17-20-10-21-22-17/h1-4,10,12-13,15,23H,5-9H2,(H,19,24)(H,20,21,22)/t12-,13+,15+/m1/s1. The van der Waals surface area contributed by atoms with Gasteiger partial charge in [-0.15, -0.1) is 0 Å². The van der Waals surface area contributed by atoms with E-state index >= 15 is 0 Å². The van der Waals surface area contributed by atoms with Crippen molar-refractivity contribution >= 4 is 17.5 Å². The van der Waals surface area contributed by atoms with Crippen LogP contribution in [0.1, 0.15) is 36.6 Å². The average Bonchev–Trinajstić information content (AvgIpc) is 3.22. The van der Waals surface area contributed by atoms with Gasteiger partial charge in [-0.3, -0.25) is 9.89 Å². The minimum Gasteiger partial charge on any atom is -0.393 e. The van der Waals surface area contributed by atoms with Crippen LogP contribution in [0, 0.1) is 5.92 Å². The Kier molecular flexibility index (Phi) is 5.48. The molecule has 1 fully saturated rings. The molecule has 1 amide bonds. The molecule has 24 heavy (non-hydrogen) atoms. The number of aryl methyl sites for hydroxylation is 1. The third kappa shape index (κ3) is 4.13. The topological polar surface area (TPSA) is 90.9 Å². The van der Waals surface area contributed by atoms with Crippen LogP contribution in [-0.2, 0) is 11.2 Å². The summed E-state index contributed by atoms with van der Waals surface area (Å²) in [6.07, 6.45) is 3.49. The lowest BCUT2D eigenvalue weighted by Crippen LogP contribution is -2.32. The highest BCUT2D eigenvalue weighted by molar-refractivity contribution is 6.31. The molecule has 0 aliphatic heterocycles. The molecule has 6 nitrogen and oxygen atoms in total. The summed E-state index contributed by atoms with van der Waals surface area (Å²) in [5, 5.41) is 20.5. The van der Waals surface area contributed by atoms with E-state index in [1.54, 1.807) is 0 Å². The van der Waals surface area contributed by atoms with Gasteiger partial charge >= 0.3 is 0 Å². The Morgan fingerprint density at radius 2 is 2.21 bits per heavy atom. The van der Waals surface area contributed by atoms with Crippen molar-refractivity contribution < 1.29 is 9.90 Å². The van der Waals surface area contributed by atoms with Crippen LogP contribution >= 0.6 is 11.6 Å². The fourth-order valence-electron chi connectivity index (χ4n) is 3.24. The Labute approximate surface area is 145 Å². The molecule has 0 spiro atoms. The van der Waals surface area contributed by atoms with Crippen molar-refractivity contribution in [2.24, 2.45) is 5.92 Å². The van der Waals surface area contributed by atoms with Crippen LogP contribution in [0.4, 0.5) is 0 Å². The molecule has 1 aromatic carbocycles. The predicted octanol–water partition coefficient (Wildman–Crippen LogP) is 2.06. The Hall–Kier alpha value is -1.92. The molecule has 1 saturated carbocycles. The van der Waals surface area contributed by atoms with Gasteiger partial charge in [-0.1, -0.05) is 29.8 Å². The van der Waals surface area contributed by atoms with Crippen LogP contribution < -0.4 is 5.32 Å². The van der Waals surface area contributed by atoms with Crippen molar-refractivity contribution in [1.29, 1.82) is 0 Å². The minimum atomic E-state index is -0.427. The van der Waals surface area contributed by atoms with Gasteiger partial charge in [0, 0.05) is 29.8 Å². The first-order valence-electron chi connectivity index (χ1n) is 8.17. The SMILES string of the molecule is O=C(CCc1ccccc1Cl)NC[C@@H]1C[C@@H](c2ncn[nH]2)C[C@@H]1O. The van der Waals surface area contributed by atoms with Crippen LogP contribution in [0.25, 0.3) is 0 Å². The van der Waals surface area contributed by atoms with Crippen molar-refractivity contribution in [3.05, 3.63) is 47.0 Å². The normalized spacial score (nSPS) is 23.3. The first-order valence-corrected chi connectivity index (χ1v) is 8.54. The van der Waals surface area contributed by atoms with Gasteiger partial charge < -0.3 is 10.4 Å². The molecule has 1 heterocycles. The molecule has 3 rings (SSSR count). The second-order valence-electron chi connectivity index (χ2n) is 6.26. The first-order chi connectivity index (χ1) is 11.6. The van der Waals surface area contributed by atoms with E-state index in [1.165, 1.54) is 6.33 Å². The number of nitrogens with zero attached hydrogens (tertiary/aromatic N) is 2. The van der Waals surface area contributed by atoms with Gasteiger partial charge in [0.05, 0.1) is 6.10 Å². The van der Waals surface area contributed by atoms with Gasteiger partial charge in [0.1, 0.15) is 12.2 Å². The maximum Gasteiger partial charge on any atom is 0.220 e. The molecule has 1 aliphatic rings. The highest BCUT2D eigenvalue weighted by atomic mass is 35.5. The van der Waals surface area contributed by atoms with Gasteiger partial charge in [-0.05, 0) is 30.9 Å². The maximum atomic E-state index is 12.0. The molecule has 1 aromatic heterocycles. The number of hydrogen-bond donors (Lipinski definition) is 3. The van der Waals surface area contributed by atoms with Crippen LogP contribution in [0.3, 0.4) is 0 Å². The second kappa shape index (κ2) is 7.77. The minimum absolute atomic E-state index is 0.0229. The lowest BCUT2D eigenvalue weighted by Gasteiger charge is -2.15. The zero-order valence-electron chi connectivity index (χ0n) is 13.3. The number of halogens is 1. The van der Waals surface area contributed by atoms with E-state index in [0.717, 1.165) is 17.8 Å². The Bertz CT molecular complexity index is 677. The van der Waals surface area contributed by atoms with Crippen LogP contribution in [-0.4, -0.2) is 38.8 Å². The van der Waals surface area contributed by atoms with Crippen molar-refractivity contribution in [3.8, 4) is 0 Å². The number of aliphatic hydroxyl groups is 1. The largest absolute Gasteiger partial charge is 0.393 e. The lowest BCUT2D eigenvalue weighted by molar-refractivity contribution is -0.121. The Morgan fingerprint density at radius 3 is 2.96 bits per heavy atom. The fourth-order valence-corrected chi connectivity index (χ4v) is 3.47. The number of carbonyl (C=O) groups excluding carboxylic acids is 1. The molecule has 3 N–H and O–H groups in total. The molecular formula is C17H21ClN4O2. The van der Waals surface area contributed by atoms with E-state index in [9.17, 15) is 9.90 Å². The van der Waals surface area contributed by atoms with Gasteiger partial charge in [-0.2, -0.15) is 5.10 Å². The molecule has 7 heteroatoms. The quantitative estimate of drug-likeness (QED) is 0.745. The van der Waals surface area contributed by atoms with E-state index in [0.29, 0.717) is 30.8 Å². The maximum absolute atomic E-state index is 12.0. The summed E-state index contributed by atoms with van der Waals surface area (Å²) in [4.78, 5) is 16.2. The van der Waals surface area contributed by atoms with E-state index in [1.807, 2.05) is 24.3 Å². The molecule has 0 unspecified atom stereocenters. The number of carbonyl (C=O) groups is 1. The smallest absolute Gasteiger partial charge is 0.220 e. The monoisotopic (exact) mass is 348 g/mol. The fraction of sp³-hybridized carbons (Fsp3) is 0.471. The number of aromatic nitrogens is 3. The molecule has 128 valence electrons. The summed E-state index contributed by atoms with van der Waals surface area (Å²) < 4.78 is 0. The summed E-state index contributed by atoms with van der Waals surface area (Å²) >= 11 is 6.09. The van der Waals surface area contributed by atoms with E-state index < -0.39 is 6.10 Å². The third-order valence-corrected chi connectivity index (χ3v) is 4.99. The van der Waals surface area contributed by atoms with E-state index in [4.69, 9.17) is 11.6 Å². The van der Waals surface area contributed by atoms with E-state index in [2.05, 4.69) is 20.5 Å². The molecule has 1 aliphatic carbocycles. The summed E-state index contributed by atoms with van der Waals surface area (Å²) in [7, 11) is 0. The Morgan fingerprint density at radius 1 is 1.38 bits per heavy atom. The van der Waals surface area contributed by atoms with Crippen molar-refractivity contribution in [2.45, 2.75) is 37.7 Å². The predicted molar refractivity (Wildman–Crippen MR) is 90.6 cm³/mol. The molecule has 0 bridgehead atoms. The van der Waals surface area contributed by atoms with Crippen LogP contribution in [0.5, 0.6) is 0 Å². The van der Waals surface area contributed by atoms with Crippen molar-refractivity contribution in [1.82, 2.24) is 20.5 Å². The van der Waals surface area contributed by atoms with Crippen LogP contribution in [0.2, 0.25) is 5.02 Å². The van der Waals surface area contributed by atoms with Crippen molar-refractivity contribution in [2.75, 3.05) is 6.54 Å². The number of nitrogens with one attached hydrogen (secondary N) is 2. The number of aliphatic hydroxyl groups excluding tert-OH is 1. The molecule has 0 radical (unpaired) electrons. The number of hydrogen-bond acceptors (Lipinski definition) is 4. The third-order valence-electron chi connectivity index (χ3n) is 4.62. The van der Waals surface area contributed by atoms with E-state index in [-0.39, 0.29) is 17.7 Å². The zero-order chi connectivity index (χ0) is 16.9. The van der Waals surface area contributed by atoms with Crippen LogP contribution in [0.15, 0.2) is 30.6 Å². The highest BCUT2D eigenvalue weighted by Crippen LogP contribution is 2.36. The summed E-state index contributed by atoms with van der Waals surface area (Å²) in [6.45, 7) is 0.479. The average molecular weight is 349 g/mol. The second-order valence-corrected chi connectivity index (χ2v) is 6.67. The lowest BCUT2D eigenvalue weighted by atomic mass is 10.0. The van der Waals surface area contributed by atoms with Gasteiger partial charge in [0.15, 0.2) is 0 Å². The molecule has 2 aromatic rings. The summed E-state index contributed by atoms with van der Waals surface area (Å²) in [6, 6.07) is 7.54.